The van der Waals surface area contributed by atoms with Crippen molar-refractivity contribution in [2.45, 2.75) is 19.4 Å². The summed E-state index contributed by atoms with van der Waals surface area (Å²) in [6.07, 6.45) is 2.51. The van der Waals surface area contributed by atoms with Crippen molar-refractivity contribution in [1.29, 1.82) is 0 Å². The van der Waals surface area contributed by atoms with Gasteiger partial charge in [0, 0.05) is 26.3 Å². The van der Waals surface area contributed by atoms with Crippen molar-refractivity contribution >= 4 is 5.69 Å². The average Bonchev–Trinajstić information content (AvgIpc) is 2.40. The van der Waals surface area contributed by atoms with Crippen molar-refractivity contribution in [1.82, 2.24) is 4.90 Å². The number of hydrogen-bond donors (Lipinski definition) is 1. The molecule has 18 heavy (non-hydrogen) atoms. The van der Waals surface area contributed by atoms with Crippen molar-refractivity contribution in [2.24, 2.45) is 11.7 Å². The fourth-order valence-electron chi connectivity index (χ4n) is 2.57. The van der Waals surface area contributed by atoms with Crippen LogP contribution in [0.4, 0.5) is 5.69 Å². The van der Waals surface area contributed by atoms with Crippen molar-refractivity contribution in [3.8, 4) is 0 Å². The van der Waals surface area contributed by atoms with Gasteiger partial charge in [-0.05, 0) is 56.1 Å². The minimum atomic E-state index is 0.745. The molecule has 3 heteroatoms. The Morgan fingerprint density at radius 2 is 2.00 bits per heavy atom. The summed E-state index contributed by atoms with van der Waals surface area (Å²) in [5, 5.41) is 0. The van der Waals surface area contributed by atoms with E-state index in [9.17, 15) is 0 Å². The highest BCUT2D eigenvalue weighted by molar-refractivity contribution is 5.47. The lowest BCUT2D eigenvalue weighted by molar-refractivity contribution is 0.180. The summed E-state index contributed by atoms with van der Waals surface area (Å²) >= 11 is 0. The smallest absolute Gasteiger partial charge is 0.0364 e. The molecule has 0 amide bonds. The first-order valence-electron chi connectivity index (χ1n) is 6.87. The second-order valence-electron chi connectivity index (χ2n) is 5.52. The Hall–Kier alpha value is -1.06. The summed E-state index contributed by atoms with van der Waals surface area (Å²) in [4.78, 5) is 4.70. The second-order valence-corrected chi connectivity index (χ2v) is 5.52. The fourth-order valence-corrected chi connectivity index (χ4v) is 2.57. The molecule has 1 aliphatic rings. The van der Waals surface area contributed by atoms with E-state index in [-0.39, 0.29) is 0 Å². The quantitative estimate of drug-likeness (QED) is 0.882. The van der Waals surface area contributed by atoms with E-state index in [0.29, 0.717) is 0 Å². The van der Waals surface area contributed by atoms with Crippen LogP contribution in [0.3, 0.4) is 0 Å². The van der Waals surface area contributed by atoms with Crippen LogP contribution < -0.4 is 10.6 Å². The third-order valence-corrected chi connectivity index (χ3v) is 3.87. The van der Waals surface area contributed by atoms with E-state index in [4.69, 9.17) is 5.73 Å². The highest BCUT2D eigenvalue weighted by Crippen LogP contribution is 2.20. The first-order chi connectivity index (χ1) is 8.69. The summed E-state index contributed by atoms with van der Waals surface area (Å²) < 4.78 is 0. The van der Waals surface area contributed by atoms with Gasteiger partial charge in [0.15, 0.2) is 0 Å². The molecule has 0 radical (unpaired) electrons. The molecule has 0 aromatic heterocycles. The summed E-state index contributed by atoms with van der Waals surface area (Å²) in [6.45, 7) is 4.30. The Morgan fingerprint density at radius 1 is 1.28 bits per heavy atom. The van der Waals surface area contributed by atoms with Crippen LogP contribution in [-0.4, -0.2) is 38.6 Å². The largest absolute Gasteiger partial charge is 0.378 e. The van der Waals surface area contributed by atoms with Gasteiger partial charge in [0.1, 0.15) is 0 Å². The molecule has 1 aromatic rings. The van der Waals surface area contributed by atoms with Gasteiger partial charge in [-0.3, -0.25) is 4.90 Å². The summed E-state index contributed by atoms with van der Waals surface area (Å²) in [5.41, 5.74) is 8.42. The maximum atomic E-state index is 5.73. The van der Waals surface area contributed by atoms with Gasteiger partial charge in [0.05, 0.1) is 0 Å². The number of benzene rings is 1. The van der Waals surface area contributed by atoms with Crippen molar-refractivity contribution in [3.05, 3.63) is 29.8 Å². The van der Waals surface area contributed by atoms with Crippen LogP contribution in [-0.2, 0) is 6.54 Å². The number of anilines is 1. The van der Waals surface area contributed by atoms with E-state index >= 15 is 0 Å². The predicted molar refractivity (Wildman–Crippen MR) is 77.8 cm³/mol. The van der Waals surface area contributed by atoms with E-state index in [1.807, 2.05) is 0 Å². The number of nitrogens with zero attached hydrogens (tertiary/aromatic N) is 2. The predicted octanol–water partition coefficient (Wildman–Crippen LogP) is 1.92. The molecule has 100 valence electrons. The third kappa shape index (κ3) is 3.47. The molecule has 2 N–H and O–H groups in total. The Balaban J connectivity index is 1.92. The highest BCUT2D eigenvalue weighted by atomic mass is 15.1. The zero-order valence-corrected chi connectivity index (χ0v) is 11.6. The molecule has 1 aromatic carbocycles. The van der Waals surface area contributed by atoms with E-state index in [1.54, 1.807) is 0 Å². The molecular formula is C15H25N3. The van der Waals surface area contributed by atoms with Crippen LogP contribution in [0.1, 0.15) is 18.4 Å². The van der Waals surface area contributed by atoms with E-state index in [2.05, 4.69) is 48.2 Å². The number of rotatable bonds is 4. The minimum Gasteiger partial charge on any atom is -0.378 e. The van der Waals surface area contributed by atoms with Crippen LogP contribution in [0.15, 0.2) is 24.3 Å². The normalized spacial score (nSPS) is 17.9. The summed E-state index contributed by atoms with van der Waals surface area (Å²) in [7, 11) is 4.18. The molecule has 1 aliphatic heterocycles. The van der Waals surface area contributed by atoms with Gasteiger partial charge in [-0.25, -0.2) is 0 Å². The lowest BCUT2D eigenvalue weighted by Gasteiger charge is -2.31. The van der Waals surface area contributed by atoms with Gasteiger partial charge >= 0.3 is 0 Å². The van der Waals surface area contributed by atoms with Gasteiger partial charge in [-0.1, -0.05) is 12.1 Å². The number of hydrogen-bond acceptors (Lipinski definition) is 3. The number of piperidine rings is 1. The Labute approximate surface area is 111 Å². The highest BCUT2D eigenvalue weighted by Gasteiger charge is 2.17. The third-order valence-electron chi connectivity index (χ3n) is 3.87. The first kappa shape index (κ1) is 13.4. The molecule has 0 aliphatic carbocycles. The molecule has 3 nitrogen and oxygen atoms in total. The molecule has 0 spiro atoms. The molecule has 0 saturated carbocycles. The van der Waals surface area contributed by atoms with Crippen LogP contribution in [0.25, 0.3) is 0 Å². The van der Waals surface area contributed by atoms with Gasteiger partial charge < -0.3 is 10.6 Å². The lowest BCUT2D eigenvalue weighted by Crippen LogP contribution is -2.35. The monoisotopic (exact) mass is 247 g/mol. The van der Waals surface area contributed by atoms with Crippen LogP contribution >= 0.6 is 0 Å². The van der Waals surface area contributed by atoms with Gasteiger partial charge in [0.25, 0.3) is 0 Å². The topological polar surface area (TPSA) is 32.5 Å². The van der Waals surface area contributed by atoms with Gasteiger partial charge in [-0.15, -0.1) is 0 Å². The summed E-state index contributed by atoms with van der Waals surface area (Å²) in [5.74, 6) is 0.745. The van der Waals surface area contributed by atoms with Crippen LogP contribution in [0.5, 0.6) is 0 Å². The number of nitrogens with two attached hydrogens (primary N) is 1. The van der Waals surface area contributed by atoms with E-state index < -0.39 is 0 Å². The summed E-state index contributed by atoms with van der Waals surface area (Å²) in [6, 6.07) is 8.82. The average molecular weight is 247 g/mol. The Kier molecular flexibility index (Phi) is 4.61. The number of likely N-dealkylation sites (tertiary alicyclic amines) is 1. The molecule has 0 unspecified atom stereocenters. The molecule has 2 rings (SSSR count). The van der Waals surface area contributed by atoms with Crippen molar-refractivity contribution < 1.29 is 0 Å². The molecule has 0 atom stereocenters. The standard InChI is InChI=1S/C15H25N3/c1-17(2)15-5-3-4-14(10-15)12-18-8-6-13(11-16)7-9-18/h3-5,10,13H,6-9,11-12,16H2,1-2H3. The van der Waals surface area contributed by atoms with Gasteiger partial charge in [-0.2, -0.15) is 0 Å². The molecule has 0 bridgehead atoms. The van der Waals surface area contributed by atoms with E-state index in [1.165, 1.54) is 37.2 Å². The molecule has 1 heterocycles. The molecule has 1 fully saturated rings. The minimum absolute atomic E-state index is 0.745. The SMILES string of the molecule is CN(C)c1cccc(CN2CCC(CN)CC2)c1. The van der Waals surface area contributed by atoms with E-state index in [0.717, 1.165) is 19.0 Å². The van der Waals surface area contributed by atoms with Crippen LogP contribution in [0.2, 0.25) is 0 Å². The lowest BCUT2D eigenvalue weighted by atomic mass is 9.97. The first-order valence-corrected chi connectivity index (χ1v) is 6.87. The zero-order valence-electron chi connectivity index (χ0n) is 11.6. The van der Waals surface area contributed by atoms with Gasteiger partial charge in [0.2, 0.25) is 0 Å². The van der Waals surface area contributed by atoms with Crippen molar-refractivity contribution in [3.63, 3.8) is 0 Å². The Bertz CT molecular complexity index is 368. The maximum absolute atomic E-state index is 5.73. The van der Waals surface area contributed by atoms with Crippen LogP contribution in [0, 0.1) is 5.92 Å². The molecule has 1 saturated heterocycles. The second kappa shape index (κ2) is 6.21. The van der Waals surface area contributed by atoms with Crippen molar-refractivity contribution in [2.75, 3.05) is 38.6 Å². The maximum Gasteiger partial charge on any atom is 0.0364 e. The zero-order chi connectivity index (χ0) is 13.0. The Morgan fingerprint density at radius 3 is 2.61 bits per heavy atom. The fraction of sp³-hybridized carbons (Fsp3) is 0.600. The molecular weight excluding hydrogens is 222 g/mol.